The van der Waals surface area contributed by atoms with Crippen LogP contribution in [0.4, 0.5) is 9.93 Å². The van der Waals surface area contributed by atoms with E-state index in [1.807, 2.05) is 24.3 Å². The summed E-state index contributed by atoms with van der Waals surface area (Å²) in [5.41, 5.74) is 2.26. The summed E-state index contributed by atoms with van der Waals surface area (Å²) in [6.07, 6.45) is 0.708. The van der Waals surface area contributed by atoms with Crippen LogP contribution >= 0.6 is 11.3 Å². The van der Waals surface area contributed by atoms with Crippen LogP contribution in [0.3, 0.4) is 0 Å². The molecule has 0 aliphatic heterocycles. The van der Waals surface area contributed by atoms with Gasteiger partial charge in [0.25, 0.3) is 0 Å². The van der Waals surface area contributed by atoms with Gasteiger partial charge in [0.15, 0.2) is 5.13 Å². The molecule has 0 atom stereocenters. The molecule has 3 aromatic rings. The molecule has 0 saturated carbocycles. The standard InChI is InChI=1S/C19H19N3O4S/c1-25-14-6-3-12(4-7-14)9-10-20-18(24)22-19-21-15-8-5-13(17(23)26-2)11-16(15)27-19/h3-8,11H,9-10H2,1-2H3,(H2,20,21,22,24). The third kappa shape index (κ3) is 4.73. The average Bonchev–Trinajstić information content (AvgIpc) is 3.09. The monoisotopic (exact) mass is 385 g/mol. The van der Waals surface area contributed by atoms with E-state index in [0.717, 1.165) is 16.0 Å². The van der Waals surface area contributed by atoms with Gasteiger partial charge in [-0.1, -0.05) is 23.5 Å². The SMILES string of the molecule is COC(=O)c1ccc2nc(NC(=O)NCCc3ccc(OC)cc3)sc2c1. The molecule has 1 aromatic heterocycles. The number of nitrogens with zero attached hydrogens (tertiary/aromatic N) is 1. The molecule has 0 radical (unpaired) electrons. The first kappa shape index (κ1) is 18.7. The van der Waals surface area contributed by atoms with E-state index in [2.05, 4.69) is 15.6 Å². The summed E-state index contributed by atoms with van der Waals surface area (Å²) in [5, 5.41) is 5.99. The van der Waals surface area contributed by atoms with E-state index < -0.39 is 5.97 Å². The molecule has 140 valence electrons. The highest BCUT2D eigenvalue weighted by Crippen LogP contribution is 2.27. The Morgan fingerprint density at radius 1 is 1.11 bits per heavy atom. The van der Waals surface area contributed by atoms with Crippen molar-refractivity contribution in [2.24, 2.45) is 0 Å². The third-order valence-corrected chi connectivity index (χ3v) is 4.82. The summed E-state index contributed by atoms with van der Waals surface area (Å²) in [6.45, 7) is 0.496. The fraction of sp³-hybridized carbons (Fsp3) is 0.211. The molecule has 8 heteroatoms. The van der Waals surface area contributed by atoms with E-state index in [4.69, 9.17) is 9.47 Å². The van der Waals surface area contributed by atoms with Crippen LogP contribution in [-0.4, -0.2) is 37.7 Å². The highest BCUT2D eigenvalue weighted by Gasteiger charge is 2.11. The van der Waals surface area contributed by atoms with Gasteiger partial charge in [-0.05, 0) is 42.3 Å². The van der Waals surface area contributed by atoms with Gasteiger partial charge in [-0.3, -0.25) is 5.32 Å². The molecule has 2 N–H and O–H groups in total. The van der Waals surface area contributed by atoms with Crippen LogP contribution in [0.1, 0.15) is 15.9 Å². The highest BCUT2D eigenvalue weighted by atomic mass is 32.1. The van der Waals surface area contributed by atoms with E-state index in [1.54, 1.807) is 25.3 Å². The van der Waals surface area contributed by atoms with Crippen LogP contribution in [0.2, 0.25) is 0 Å². The molecule has 0 aliphatic rings. The van der Waals surface area contributed by atoms with Gasteiger partial charge in [0.05, 0.1) is 30.0 Å². The van der Waals surface area contributed by atoms with Crippen molar-refractivity contribution in [2.45, 2.75) is 6.42 Å². The molecule has 2 aromatic carbocycles. The Hall–Kier alpha value is -3.13. The Labute approximate surface area is 160 Å². The molecule has 7 nitrogen and oxygen atoms in total. The molecule has 0 fully saturated rings. The number of ether oxygens (including phenoxy) is 2. The van der Waals surface area contributed by atoms with Gasteiger partial charge in [0, 0.05) is 6.54 Å². The van der Waals surface area contributed by atoms with E-state index in [-0.39, 0.29) is 6.03 Å². The first-order chi connectivity index (χ1) is 13.1. The third-order valence-electron chi connectivity index (χ3n) is 3.89. The number of hydrogen-bond donors (Lipinski definition) is 2. The second-order valence-electron chi connectivity index (χ2n) is 5.67. The van der Waals surface area contributed by atoms with Crippen molar-refractivity contribution in [1.29, 1.82) is 0 Å². The van der Waals surface area contributed by atoms with Crippen molar-refractivity contribution in [3.05, 3.63) is 53.6 Å². The fourth-order valence-electron chi connectivity index (χ4n) is 2.48. The van der Waals surface area contributed by atoms with E-state index >= 15 is 0 Å². The number of anilines is 1. The van der Waals surface area contributed by atoms with Gasteiger partial charge >= 0.3 is 12.0 Å². The minimum atomic E-state index is -0.406. The smallest absolute Gasteiger partial charge is 0.337 e. The summed E-state index contributed by atoms with van der Waals surface area (Å²) in [7, 11) is 2.96. The minimum absolute atomic E-state index is 0.323. The second kappa shape index (κ2) is 8.50. The predicted octanol–water partition coefficient (Wildman–Crippen LogP) is 3.46. The lowest BCUT2D eigenvalue weighted by Gasteiger charge is -2.06. The number of amides is 2. The van der Waals surface area contributed by atoms with Crippen LogP contribution in [0.5, 0.6) is 5.75 Å². The van der Waals surface area contributed by atoms with Crippen LogP contribution in [-0.2, 0) is 11.2 Å². The number of hydrogen-bond acceptors (Lipinski definition) is 6. The molecular weight excluding hydrogens is 366 g/mol. The topological polar surface area (TPSA) is 89.5 Å². The van der Waals surface area contributed by atoms with Crippen LogP contribution in [0.15, 0.2) is 42.5 Å². The Morgan fingerprint density at radius 3 is 2.59 bits per heavy atom. The van der Waals surface area contributed by atoms with Gasteiger partial charge in [-0.15, -0.1) is 0 Å². The van der Waals surface area contributed by atoms with E-state index in [0.29, 0.717) is 29.2 Å². The molecule has 27 heavy (non-hydrogen) atoms. The first-order valence-corrected chi connectivity index (χ1v) is 9.07. The second-order valence-corrected chi connectivity index (χ2v) is 6.70. The largest absolute Gasteiger partial charge is 0.497 e. The summed E-state index contributed by atoms with van der Waals surface area (Å²) in [4.78, 5) is 28.0. The highest BCUT2D eigenvalue weighted by molar-refractivity contribution is 7.22. The van der Waals surface area contributed by atoms with Gasteiger partial charge < -0.3 is 14.8 Å². The first-order valence-electron chi connectivity index (χ1n) is 8.25. The summed E-state index contributed by atoms with van der Waals surface area (Å²) >= 11 is 1.30. The number of fused-ring (bicyclic) bond motifs is 1. The van der Waals surface area contributed by atoms with Crippen molar-refractivity contribution in [2.75, 3.05) is 26.1 Å². The van der Waals surface area contributed by atoms with Crippen LogP contribution < -0.4 is 15.4 Å². The number of methoxy groups -OCH3 is 2. The number of benzene rings is 2. The maximum Gasteiger partial charge on any atom is 0.337 e. The number of nitrogens with one attached hydrogen (secondary N) is 2. The zero-order valence-corrected chi connectivity index (χ0v) is 15.8. The van der Waals surface area contributed by atoms with Crippen molar-refractivity contribution in [3.8, 4) is 5.75 Å². The van der Waals surface area contributed by atoms with E-state index in [1.165, 1.54) is 18.4 Å². The lowest BCUT2D eigenvalue weighted by molar-refractivity contribution is 0.0601. The molecule has 0 aliphatic carbocycles. The Kier molecular flexibility index (Phi) is 5.87. The molecule has 0 saturated heterocycles. The molecule has 0 bridgehead atoms. The Bertz CT molecular complexity index is 953. The number of esters is 1. The zero-order valence-electron chi connectivity index (χ0n) is 14.9. The molecule has 2 amide bonds. The summed E-state index contributed by atoms with van der Waals surface area (Å²) in [6, 6.07) is 12.5. The summed E-state index contributed by atoms with van der Waals surface area (Å²) in [5.74, 6) is 0.395. The zero-order chi connectivity index (χ0) is 19.2. The Morgan fingerprint density at radius 2 is 1.89 bits per heavy atom. The Balaban J connectivity index is 1.54. The van der Waals surface area contributed by atoms with Crippen molar-refractivity contribution >= 4 is 38.7 Å². The van der Waals surface area contributed by atoms with Gasteiger partial charge in [0.2, 0.25) is 0 Å². The van der Waals surface area contributed by atoms with E-state index in [9.17, 15) is 9.59 Å². The van der Waals surface area contributed by atoms with Crippen LogP contribution in [0, 0.1) is 0 Å². The number of carbonyl (C=O) groups excluding carboxylic acids is 2. The molecule has 3 rings (SSSR count). The molecule has 0 unspecified atom stereocenters. The maximum atomic E-state index is 12.1. The summed E-state index contributed by atoms with van der Waals surface area (Å²) < 4.78 is 10.6. The number of aromatic nitrogens is 1. The normalized spacial score (nSPS) is 10.4. The number of thiazole rings is 1. The maximum absolute atomic E-state index is 12.1. The predicted molar refractivity (Wildman–Crippen MR) is 105 cm³/mol. The van der Waals surface area contributed by atoms with Crippen LogP contribution in [0.25, 0.3) is 10.2 Å². The van der Waals surface area contributed by atoms with Crippen molar-refractivity contribution in [3.63, 3.8) is 0 Å². The lowest BCUT2D eigenvalue weighted by atomic mass is 10.1. The van der Waals surface area contributed by atoms with Gasteiger partial charge in [-0.25, -0.2) is 14.6 Å². The molecular formula is C19H19N3O4S. The molecule has 1 heterocycles. The minimum Gasteiger partial charge on any atom is -0.497 e. The average molecular weight is 385 g/mol. The lowest BCUT2D eigenvalue weighted by Crippen LogP contribution is -2.30. The fourth-order valence-corrected chi connectivity index (χ4v) is 3.38. The van der Waals surface area contributed by atoms with Gasteiger partial charge in [-0.2, -0.15) is 0 Å². The quantitative estimate of drug-likeness (QED) is 0.635. The number of rotatable bonds is 6. The van der Waals surface area contributed by atoms with Crippen molar-refractivity contribution in [1.82, 2.24) is 10.3 Å². The number of urea groups is 1. The van der Waals surface area contributed by atoms with Gasteiger partial charge in [0.1, 0.15) is 5.75 Å². The number of carbonyl (C=O) groups is 2. The molecule has 0 spiro atoms. The van der Waals surface area contributed by atoms with Crippen molar-refractivity contribution < 1.29 is 19.1 Å².